The second kappa shape index (κ2) is 9.76. The SMILES string of the molecule is Cc1cc(C)c(S(=O)(=O)N(CC(=O)Nc2ccc(F)c(F)c2F)Cc2ccccc2)c(C)c1. The minimum atomic E-state index is -4.15. The lowest BCUT2D eigenvalue weighted by molar-refractivity contribution is -0.116. The highest BCUT2D eigenvalue weighted by molar-refractivity contribution is 7.89. The van der Waals surface area contributed by atoms with E-state index in [1.54, 1.807) is 56.3 Å². The lowest BCUT2D eigenvalue weighted by atomic mass is 10.1. The van der Waals surface area contributed by atoms with Crippen molar-refractivity contribution in [3.8, 4) is 0 Å². The zero-order chi connectivity index (χ0) is 24.3. The Morgan fingerprint density at radius 3 is 2.12 bits per heavy atom. The van der Waals surface area contributed by atoms with Crippen molar-refractivity contribution in [2.24, 2.45) is 0 Å². The van der Waals surface area contributed by atoms with Crippen molar-refractivity contribution < 1.29 is 26.4 Å². The van der Waals surface area contributed by atoms with Crippen molar-refractivity contribution in [1.29, 1.82) is 0 Å². The van der Waals surface area contributed by atoms with Crippen molar-refractivity contribution in [3.63, 3.8) is 0 Å². The van der Waals surface area contributed by atoms with Crippen LogP contribution in [0.3, 0.4) is 0 Å². The third kappa shape index (κ3) is 5.43. The van der Waals surface area contributed by atoms with Crippen molar-refractivity contribution in [2.75, 3.05) is 11.9 Å². The van der Waals surface area contributed by atoms with Gasteiger partial charge in [-0.2, -0.15) is 4.31 Å². The molecule has 0 unspecified atom stereocenters. The Kier molecular flexibility index (Phi) is 7.24. The first kappa shape index (κ1) is 24.5. The number of benzene rings is 3. The topological polar surface area (TPSA) is 66.5 Å². The highest BCUT2D eigenvalue weighted by Crippen LogP contribution is 2.27. The number of carbonyl (C=O) groups excluding carboxylic acids is 1. The van der Waals surface area contributed by atoms with Gasteiger partial charge in [0.1, 0.15) is 0 Å². The van der Waals surface area contributed by atoms with E-state index in [0.29, 0.717) is 22.8 Å². The Labute approximate surface area is 190 Å². The Morgan fingerprint density at radius 2 is 1.52 bits per heavy atom. The summed E-state index contributed by atoms with van der Waals surface area (Å²) in [6, 6.07) is 13.7. The number of halogens is 3. The van der Waals surface area contributed by atoms with Gasteiger partial charge in [0.2, 0.25) is 15.9 Å². The highest BCUT2D eigenvalue weighted by atomic mass is 32.2. The summed E-state index contributed by atoms with van der Waals surface area (Å²) in [5.74, 6) is -5.59. The summed E-state index contributed by atoms with van der Waals surface area (Å²) in [7, 11) is -4.15. The summed E-state index contributed by atoms with van der Waals surface area (Å²) in [5, 5.41) is 2.13. The summed E-state index contributed by atoms with van der Waals surface area (Å²) in [6.45, 7) is 4.41. The molecule has 0 atom stereocenters. The number of nitrogens with zero attached hydrogens (tertiary/aromatic N) is 1. The summed E-state index contributed by atoms with van der Waals surface area (Å²) >= 11 is 0. The molecular weight excluding hydrogens is 453 g/mol. The molecule has 9 heteroatoms. The van der Waals surface area contributed by atoms with Crippen LogP contribution in [0.5, 0.6) is 0 Å². The summed E-state index contributed by atoms with van der Waals surface area (Å²) in [5.41, 5.74) is 1.99. The Balaban J connectivity index is 1.97. The Bertz CT molecular complexity index is 1270. The molecule has 0 saturated heterocycles. The average molecular weight is 477 g/mol. The molecule has 1 amide bonds. The van der Waals surface area contributed by atoms with Crippen LogP contribution in [-0.4, -0.2) is 25.2 Å². The standard InChI is InChI=1S/C24H23F3N2O3S/c1-15-11-16(2)24(17(3)12-15)33(31,32)29(13-18-7-5-4-6-8-18)14-21(30)28-20-10-9-19(25)22(26)23(20)27/h4-12H,13-14H2,1-3H3,(H,28,30). The third-order valence-electron chi connectivity index (χ3n) is 5.03. The van der Waals surface area contributed by atoms with Gasteiger partial charge in [0, 0.05) is 6.54 Å². The molecule has 3 rings (SSSR count). The largest absolute Gasteiger partial charge is 0.322 e. The van der Waals surface area contributed by atoms with Crippen LogP contribution in [0.15, 0.2) is 59.5 Å². The number of aryl methyl sites for hydroxylation is 3. The van der Waals surface area contributed by atoms with E-state index in [9.17, 15) is 26.4 Å². The molecule has 0 aliphatic heterocycles. The molecule has 33 heavy (non-hydrogen) atoms. The molecule has 1 N–H and O–H groups in total. The first-order valence-electron chi connectivity index (χ1n) is 10.1. The number of amides is 1. The van der Waals surface area contributed by atoms with E-state index in [4.69, 9.17) is 0 Å². The molecule has 3 aromatic rings. The number of rotatable bonds is 7. The number of carbonyl (C=O) groups is 1. The van der Waals surface area contributed by atoms with Gasteiger partial charge in [0.25, 0.3) is 0 Å². The van der Waals surface area contributed by atoms with Crippen LogP contribution in [-0.2, 0) is 21.4 Å². The van der Waals surface area contributed by atoms with Gasteiger partial charge in [-0.3, -0.25) is 4.79 Å². The second-order valence-electron chi connectivity index (χ2n) is 7.76. The third-order valence-corrected chi connectivity index (χ3v) is 7.13. The van der Waals surface area contributed by atoms with E-state index in [1.165, 1.54) is 0 Å². The number of hydrogen-bond donors (Lipinski definition) is 1. The molecule has 174 valence electrons. The van der Waals surface area contributed by atoms with E-state index >= 15 is 0 Å². The van der Waals surface area contributed by atoms with Gasteiger partial charge in [-0.1, -0.05) is 48.0 Å². The first-order chi connectivity index (χ1) is 15.5. The summed E-state index contributed by atoms with van der Waals surface area (Å²) in [6.07, 6.45) is 0. The number of anilines is 1. The van der Waals surface area contributed by atoms with Crippen LogP contribution in [0.1, 0.15) is 22.3 Å². The van der Waals surface area contributed by atoms with E-state index in [0.717, 1.165) is 15.9 Å². The van der Waals surface area contributed by atoms with Crippen molar-refractivity contribution in [2.45, 2.75) is 32.2 Å². The predicted octanol–water partition coefficient (Wildman–Crippen LogP) is 4.86. The van der Waals surface area contributed by atoms with Gasteiger partial charge in [0.15, 0.2) is 17.5 Å². The maximum absolute atomic E-state index is 14.0. The van der Waals surface area contributed by atoms with E-state index in [-0.39, 0.29) is 11.4 Å². The van der Waals surface area contributed by atoms with E-state index < -0.39 is 45.6 Å². The maximum Gasteiger partial charge on any atom is 0.244 e. The Morgan fingerprint density at radius 1 is 0.909 bits per heavy atom. The van der Waals surface area contributed by atoms with Crippen LogP contribution < -0.4 is 5.32 Å². The van der Waals surface area contributed by atoms with Gasteiger partial charge in [-0.15, -0.1) is 0 Å². The van der Waals surface area contributed by atoms with Gasteiger partial charge < -0.3 is 5.32 Å². The Hall–Kier alpha value is -3.17. The molecule has 3 aromatic carbocycles. The number of sulfonamides is 1. The van der Waals surface area contributed by atoms with E-state index in [2.05, 4.69) is 5.32 Å². The number of nitrogens with one attached hydrogen (secondary N) is 1. The molecule has 0 aromatic heterocycles. The lowest BCUT2D eigenvalue weighted by Crippen LogP contribution is -2.38. The summed E-state index contributed by atoms with van der Waals surface area (Å²) in [4.78, 5) is 12.7. The maximum atomic E-state index is 14.0. The van der Waals surface area contributed by atoms with Crippen molar-refractivity contribution in [3.05, 3.63) is 94.3 Å². The molecule has 0 fully saturated rings. The zero-order valence-corrected chi connectivity index (χ0v) is 19.1. The molecule has 0 bridgehead atoms. The number of hydrogen-bond acceptors (Lipinski definition) is 3. The first-order valence-corrected chi connectivity index (χ1v) is 11.5. The fourth-order valence-corrected chi connectivity index (χ4v) is 5.48. The fourth-order valence-electron chi connectivity index (χ4n) is 3.69. The van der Waals surface area contributed by atoms with Crippen LogP contribution in [0.25, 0.3) is 0 Å². The van der Waals surface area contributed by atoms with Gasteiger partial charge >= 0.3 is 0 Å². The van der Waals surface area contributed by atoms with Crippen molar-refractivity contribution in [1.82, 2.24) is 4.31 Å². The fraction of sp³-hybridized carbons (Fsp3) is 0.208. The normalized spacial score (nSPS) is 11.6. The molecular formula is C24H23F3N2O3S. The monoisotopic (exact) mass is 476 g/mol. The van der Waals surface area contributed by atoms with Crippen LogP contribution >= 0.6 is 0 Å². The van der Waals surface area contributed by atoms with Gasteiger partial charge in [-0.25, -0.2) is 21.6 Å². The molecule has 0 heterocycles. The molecule has 0 aliphatic carbocycles. The summed E-state index contributed by atoms with van der Waals surface area (Å²) < 4.78 is 68.9. The minimum Gasteiger partial charge on any atom is -0.322 e. The van der Waals surface area contributed by atoms with Gasteiger partial charge in [0.05, 0.1) is 17.1 Å². The smallest absolute Gasteiger partial charge is 0.244 e. The highest BCUT2D eigenvalue weighted by Gasteiger charge is 2.30. The van der Waals surface area contributed by atoms with Gasteiger partial charge in [-0.05, 0) is 49.6 Å². The van der Waals surface area contributed by atoms with Crippen LogP contribution in [0.4, 0.5) is 18.9 Å². The molecule has 0 aliphatic rings. The second-order valence-corrected chi connectivity index (χ2v) is 9.63. The quantitative estimate of drug-likeness (QED) is 0.496. The molecule has 0 saturated carbocycles. The lowest BCUT2D eigenvalue weighted by Gasteiger charge is -2.24. The van der Waals surface area contributed by atoms with Crippen molar-refractivity contribution >= 4 is 21.6 Å². The minimum absolute atomic E-state index is 0.0795. The molecule has 0 spiro atoms. The molecule has 0 radical (unpaired) electrons. The predicted molar refractivity (Wildman–Crippen MR) is 120 cm³/mol. The van der Waals surface area contributed by atoms with Crippen LogP contribution in [0, 0.1) is 38.2 Å². The van der Waals surface area contributed by atoms with Crippen LogP contribution in [0.2, 0.25) is 0 Å². The van der Waals surface area contributed by atoms with E-state index in [1.807, 2.05) is 6.92 Å². The zero-order valence-electron chi connectivity index (χ0n) is 18.3. The molecule has 5 nitrogen and oxygen atoms in total. The average Bonchev–Trinajstić information content (AvgIpc) is 2.73.